The van der Waals surface area contributed by atoms with Crippen LogP contribution in [0.2, 0.25) is 0 Å². The summed E-state index contributed by atoms with van der Waals surface area (Å²) < 4.78 is 0. The van der Waals surface area contributed by atoms with E-state index in [0.717, 1.165) is 32.7 Å². The summed E-state index contributed by atoms with van der Waals surface area (Å²) in [7, 11) is 0. The van der Waals surface area contributed by atoms with Gasteiger partial charge in [-0.3, -0.25) is 9.69 Å². The van der Waals surface area contributed by atoms with Crippen molar-refractivity contribution in [3.63, 3.8) is 0 Å². The van der Waals surface area contributed by atoms with E-state index in [1.165, 1.54) is 11.3 Å². The first-order chi connectivity index (χ1) is 10.0. The van der Waals surface area contributed by atoms with Gasteiger partial charge in [-0.25, -0.2) is 4.98 Å². The molecule has 0 fully saturated rings. The third-order valence-corrected chi connectivity index (χ3v) is 5.04. The molecule has 2 rings (SSSR count). The maximum Gasteiger partial charge on any atom is 0.225 e. The maximum absolute atomic E-state index is 11.5. The van der Waals surface area contributed by atoms with Gasteiger partial charge in [0.15, 0.2) is 5.13 Å². The van der Waals surface area contributed by atoms with Crippen LogP contribution >= 0.6 is 23.1 Å². The summed E-state index contributed by atoms with van der Waals surface area (Å²) in [6.07, 6.45) is 0. The first kappa shape index (κ1) is 15.9. The lowest BCUT2D eigenvalue weighted by Crippen LogP contribution is -2.27. The average Bonchev–Trinajstić information content (AvgIpc) is 2.87. The topological polar surface area (TPSA) is 59.2 Å². The standard InChI is InChI=1S/C15H19N3OS2/c1-4-18(11(3)19)15-17-12(9-21-15)8-20-14-6-5-10(2)7-13(14)16/h5-7,9H,4,8,16H2,1-3H3. The Kier molecular flexibility index (Phi) is 5.25. The molecule has 2 aromatic rings. The lowest BCUT2D eigenvalue weighted by molar-refractivity contribution is -0.116. The van der Waals surface area contributed by atoms with E-state index in [1.807, 2.05) is 31.4 Å². The minimum absolute atomic E-state index is 0.0221. The van der Waals surface area contributed by atoms with Crippen molar-refractivity contribution in [3.05, 3.63) is 34.8 Å². The van der Waals surface area contributed by atoms with Crippen molar-refractivity contribution in [2.45, 2.75) is 31.4 Å². The molecule has 0 radical (unpaired) electrons. The number of hydrogen-bond donors (Lipinski definition) is 1. The van der Waals surface area contributed by atoms with Crippen molar-refractivity contribution in [2.75, 3.05) is 17.2 Å². The number of benzene rings is 1. The number of anilines is 2. The summed E-state index contributed by atoms with van der Waals surface area (Å²) in [6.45, 7) is 6.18. The normalized spacial score (nSPS) is 10.6. The van der Waals surface area contributed by atoms with Crippen LogP contribution in [0.25, 0.3) is 0 Å². The van der Waals surface area contributed by atoms with E-state index in [0.29, 0.717) is 6.54 Å². The molecule has 0 bridgehead atoms. The van der Waals surface area contributed by atoms with Gasteiger partial charge in [-0.15, -0.1) is 23.1 Å². The fourth-order valence-electron chi connectivity index (χ4n) is 1.93. The van der Waals surface area contributed by atoms with E-state index in [2.05, 4.69) is 11.1 Å². The minimum atomic E-state index is 0.0221. The van der Waals surface area contributed by atoms with E-state index in [4.69, 9.17) is 5.73 Å². The number of thioether (sulfide) groups is 1. The highest BCUT2D eigenvalue weighted by Crippen LogP contribution is 2.30. The van der Waals surface area contributed by atoms with Gasteiger partial charge in [0.2, 0.25) is 5.91 Å². The number of carbonyl (C=O) groups is 1. The minimum Gasteiger partial charge on any atom is -0.398 e. The van der Waals surface area contributed by atoms with Crippen molar-refractivity contribution >= 4 is 39.8 Å². The van der Waals surface area contributed by atoms with Crippen LogP contribution in [0.1, 0.15) is 25.1 Å². The summed E-state index contributed by atoms with van der Waals surface area (Å²) in [6, 6.07) is 6.07. The summed E-state index contributed by atoms with van der Waals surface area (Å²) in [5.74, 6) is 0.771. The highest BCUT2D eigenvalue weighted by atomic mass is 32.2. The SMILES string of the molecule is CCN(C(C)=O)c1nc(CSc2ccc(C)cc2N)cs1. The third-order valence-electron chi connectivity index (χ3n) is 3.01. The number of aromatic nitrogens is 1. The molecule has 112 valence electrons. The number of aryl methyl sites for hydroxylation is 1. The van der Waals surface area contributed by atoms with E-state index in [9.17, 15) is 4.79 Å². The van der Waals surface area contributed by atoms with Crippen molar-refractivity contribution in [1.29, 1.82) is 0 Å². The Bertz CT molecular complexity index is 640. The highest BCUT2D eigenvalue weighted by Gasteiger charge is 2.13. The highest BCUT2D eigenvalue weighted by molar-refractivity contribution is 7.98. The zero-order valence-electron chi connectivity index (χ0n) is 12.4. The fourth-order valence-corrected chi connectivity index (χ4v) is 3.81. The summed E-state index contributed by atoms with van der Waals surface area (Å²) >= 11 is 3.17. The van der Waals surface area contributed by atoms with Crippen molar-refractivity contribution in [2.24, 2.45) is 0 Å². The van der Waals surface area contributed by atoms with Crippen molar-refractivity contribution in [1.82, 2.24) is 4.98 Å². The zero-order chi connectivity index (χ0) is 15.4. The molecule has 4 nitrogen and oxygen atoms in total. The molecule has 0 spiro atoms. The smallest absolute Gasteiger partial charge is 0.225 e. The Morgan fingerprint density at radius 1 is 1.48 bits per heavy atom. The van der Waals surface area contributed by atoms with E-state index >= 15 is 0 Å². The molecule has 0 aliphatic heterocycles. The van der Waals surface area contributed by atoms with Gasteiger partial charge in [-0.1, -0.05) is 6.07 Å². The molecule has 6 heteroatoms. The van der Waals surface area contributed by atoms with Crippen LogP contribution in [0.5, 0.6) is 0 Å². The van der Waals surface area contributed by atoms with Gasteiger partial charge in [-0.2, -0.15) is 0 Å². The van der Waals surface area contributed by atoms with Crippen LogP contribution in [0.15, 0.2) is 28.5 Å². The lowest BCUT2D eigenvalue weighted by atomic mass is 10.2. The molecule has 2 N–H and O–H groups in total. The Labute approximate surface area is 133 Å². The Hall–Kier alpha value is -1.53. The third kappa shape index (κ3) is 3.98. The molecule has 0 atom stereocenters. The van der Waals surface area contributed by atoms with Gasteiger partial charge < -0.3 is 5.73 Å². The van der Waals surface area contributed by atoms with Gasteiger partial charge in [0.25, 0.3) is 0 Å². The number of hydrogen-bond acceptors (Lipinski definition) is 5. The first-order valence-corrected chi connectivity index (χ1v) is 8.59. The van der Waals surface area contributed by atoms with Crippen LogP contribution in [-0.2, 0) is 10.5 Å². The van der Waals surface area contributed by atoms with E-state index in [1.54, 1.807) is 23.6 Å². The predicted octanol–water partition coefficient (Wildman–Crippen LogP) is 3.70. The average molecular weight is 321 g/mol. The molecule has 1 heterocycles. The largest absolute Gasteiger partial charge is 0.398 e. The lowest BCUT2D eigenvalue weighted by Gasteiger charge is -2.14. The molecule has 1 amide bonds. The molecule has 0 aliphatic rings. The van der Waals surface area contributed by atoms with E-state index < -0.39 is 0 Å². The second kappa shape index (κ2) is 6.95. The van der Waals surface area contributed by atoms with Gasteiger partial charge >= 0.3 is 0 Å². The summed E-state index contributed by atoms with van der Waals surface area (Å²) in [5, 5.41) is 2.76. The summed E-state index contributed by atoms with van der Waals surface area (Å²) in [5.41, 5.74) is 8.94. The van der Waals surface area contributed by atoms with Gasteiger partial charge in [0.05, 0.1) is 5.69 Å². The van der Waals surface area contributed by atoms with Gasteiger partial charge in [0.1, 0.15) is 0 Å². The van der Waals surface area contributed by atoms with Gasteiger partial charge in [-0.05, 0) is 31.5 Å². The fraction of sp³-hybridized carbons (Fsp3) is 0.333. The maximum atomic E-state index is 11.5. The molecule has 0 unspecified atom stereocenters. The Morgan fingerprint density at radius 2 is 2.24 bits per heavy atom. The number of amides is 1. The predicted molar refractivity (Wildman–Crippen MR) is 91.0 cm³/mol. The summed E-state index contributed by atoms with van der Waals surface area (Å²) in [4.78, 5) is 18.8. The molecule has 1 aromatic heterocycles. The van der Waals surface area contributed by atoms with Gasteiger partial charge in [0, 0.05) is 35.2 Å². The van der Waals surface area contributed by atoms with Crippen molar-refractivity contribution in [3.8, 4) is 0 Å². The molecular weight excluding hydrogens is 302 g/mol. The second-order valence-electron chi connectivity index (χ2n) is 4.71. The molecule has 0 aliphatic carbocycles. The monoisotopic (exact) mass is 321 g/mol. The van der Waals surface area contributed by atoms with Crippen LogP contribution in [0.3, 0.4) is 0 Å². The number of carbonyl (C=O) groups excluding carboxylic acids is 1. The zero-order valence-corrected chi connectivity index (χ0v) is 14.1. The molecule has 0 saturated carbocycles. The number of rotatable bonds is 5. The van der Waals surface area contributed by atoms with Crippen LogP contribution in [0.4, 0.5) is 10.8 Å². The van der Waals surface area contributed by atoms with Crippen LogP contribution < -0.4 is 10.6 Å². The van der Waals surface area contributed by atoms with Crippen molar-refractivity contribution < 1.29 is 4.79 Å². The quantitative estimate of drug-likeness (QED) is 0.674. The first-order valence-electron chi connectivity index (χ1n) is 6.72. The van der Waals surface area contributed by atoms with E-state index in [-0.39, 0.29) is 5.91 Å². The molecular formula is C15H19N3OS2. The Morgan fingerprint density at radius 3 is 2.86 bits per heavy atom. The number of nitrogens with two attached hydrogens (primary N) is 1. The number of thiazole rings is 1. The number of nitrogens with zero attached hydrogens (tertiary/aromatic N) is 2. The van der Waals surface area contributed by atoms with Crippen LogP contribution in [0, 0.1) is 6.92 Å². The Balaban J connectivity index is 2.04. The molecule has 21 heavy (non-hydrogen) atoms. The molecule has 0 saturated heterocycles. The second-order valence-corrected chi connectivity index (χ2v) is 6.57. The molecule has 1 aromatic carbocycles. The number of nitrogen functional groups attached to an aromatic ring is 1. The van der Waals surface area contributed by atoms with Crippen LogP contribution in [-0.4, -0.2) is 17.4 Å².